The molecule has 0 unspecified atom stereocenters. The number of nitrogens with one attached hydrogen (secondary N) is 2. The molecule has 7 nitrogen and oxygen atoms in total. The predicted octanol–water partition coefficient (Wildman–Crippen LogP) is 5.00. The molecule has 0 spiro atoms. The zero-order chi connectivity index (χ0) is 22.5. The minimum atomic E-state index is -0.420. The van der Waals surface area contributed by atoms with E-state index in [0.717, 1.165) is 0 Å². The number of aromatic nitrogens is 3. The highest BCUT2D eigenvalue weighted by molar-refractivity contribution is 7.99. The predicted molar refractivity (Wildman–Crippen MR) is 124 cm³/mol. The SMILES string of the molecule is C[C@H](NC(=O)c1ccc(Cl)c(Cl)c1)c1nnc(SCC(=O)Nc2ccc(Cl)cc2)n1C. The van der Waals surface area contributed by atoms with Crippen molar-refractivity contribution in [2.24, 2.45) is 7.05 Å². The van der Waals surface area contributed by atoms with Crippen LogP contribution >= 0.6 is 46.6 Å². The number of anilines is 1. The van der Waals surface area contributed by atoms with E-state index in [1.54, 1.807) is 54.9 Å². The van der Waals surface area contributed by atoms with Gasteiger partial charge >= 0.3 is 0 Å². The van der Waals surface area contributed by atoms with Gasteiger partial charge in [0.1, 0.15) is 0 Å². The summed E-state index contributed by atoms with van der Waals surface area (Å²) >= 11 is 19.0. The minimum Gasteiger partial charge on any atom is -0.342 e. The van der Waals surface area contributed by atoms with Gasteiger partial charge in [-0.05, 0) is 49.4 Å². The number of thioether (sulfide) groups is 1. The van der Waals surface area contributed by atoms with E-state index in [4.69, 9.17) is 34.8 Å². The van der Waals surface area contributed by atoms with Gasteiger partial charge in [-0.15, -0.1) is 10.2 Å². The summed E-state index contributed by atoms with van der Waals surface area (Å²) in [6, 6.07) is 11.1. The van der Waals surface area contributed by atoms with Crippen molar-refractivity contribution in [2.45, 2.75) is 18.1 Å². The molecule has 11 heteroatoms. The van der Waals surface area contributed by atoms with Gasteiger partial charge in [-0.3, -0.25) is 9.59 Å². The van der Waals surface area contributed by atoms with Crippen LogP contribution in [0.2, 0.25) is 15.1 Å². The molecule has 0 aliphatic rings. The van der Waals surface area contributed by atoms with Gasteiger partial charge in [0.25, 0.3) is 5.91 Å². The highest BCUT2D eigenvalue weighted by atomic mass is 35.5. The molecule has 1 heterocycles. The second kappa shape index (κ2) is 10.4. The first kappa shape index (κ1) is 23.4. The summed E-state index contributed by atoms with van der Waals surface area (Å²) in [6.45, 7) is 1.79. The van der Waals surface area contributed by atoms with Crippen molar-refractivity contribution in [1.82, 2.24) is 20.1 Å². The maximum Gasteiger partial charge on any atom is 0.251 e. The number of benzene rings is 2. The van der Waals surface area contributed by atoms with Gasteiger partial charge < -0.3 is 15.2 Å². The standard InChI is InChI=1S/C20H18Cl3N5O2S/c1-11(24-19(30)12-3-8-15(22)16(23)9-12)18-26-27-20(28(18)2)31-10-17(29)25-14-6-4-13(21)5-7-14/h3-9,11H,10H2,1-2H3,(H,24,30)(H,25,29)/t11-/m0/s1. The molecule has 1 atom stereocenters. The van der Waals surface area contributed by atoms with Crippen LogP contribution in [0.1, 0.15) is 29.1 Å². The summed E-state index contributed by atoms with van der Waals surface area (Å²) in [7, 11) is 1.77. The van der Waals surface area contributed by atoms with E-state index >= 15 is 0 Å². The Morgan fingerprint density at radius 2 is 1.77 bits per heavy atom. The van der Waals surface area contributed by atoms with Crippen LogP contribution in [0.4, 0.5) is 5.69 Å². The topological polar surface area (TPSA) is 88.9 Å². The number of nitrogens with zero attached hydrogens (tertiary/aromatic N) is 3. The Labute approximate surface area is 198 Å². The molecule has 0 radical (unpaired) electrons. The Bertz CT molecular complexity index is 1100. The van der Waals surface area contributed by atoms with E-state index in [1.807, 2.05) is 0 Å². The number of hydrogen-bond donors (Lipinski definition) is 2. The van der Waals surface area contributed by atoms with E-state index in [9.17, 15) is 9.59 Å². The lowest BCUT2D eigenvalue weighted by atomic mass is 10.2. The Kier molecular flexibility index (Phi) is 7.83. The van der Waals surface area contributed by atoms with Gasteiger partial charge in [0, 0.05) is 23.3 Å². The lowest BCUT2D eigenvalue weighted by Gasteiger charge is -2.14. The monoisotopic (exact) mass is 497 g/mol. The van der Waals surface area contributed by atoms with E-state index in [2.05, 4.69) is 20.8 Å². The molecule has 0 saturated carbocycles. The molecule has 0 bridgehead atoms. The average Bonchev–Trinajstić information content (AvgIpc) is 3.10. The number of carbonyl (C=O) groups excluding carboxylic acids is 2. The third kappa shape index (κ3) is 6.13. The zero-order valence-electron chi connectivity index (χ0n) is 16.5. The molecule has 0 aliphatic heterocycles. The highest BCUT2D eigenvalue weighted by Crippen LogP contribution is 2.24. The average molecular weight is 499 g/mol. The normalized spacial score (nSPS) is 11.8. The Hall–Kier alpha value is -2.26. The van der Waals surface area contributed by atoms with Crippen molar-refractivity contribution in [3.63, 3.8) is 0 Å². The summed E-state index contributed by atoms with van der Waals surface area (Å²) in [5.74, 6) is 0.205. The fourth-order valence-corrected chi connectivity index (χ4v) is 3.81. The van der Waals surface area contributed by atoms with Crippen molar-refractivity contribution in [3.05, 3.63) is 68.9 Å². The summed E-state index contributed by atoms with van der Waals surface area (Å²) in [4.78, 5) is 24.7. The minimum absolute atomic E-state index is 0.151. The number of hydrogen-bond acceptors (Lipinski definition) is 5. The third-order valence-corrected chi connectivity index (χ3v) is 6.26. The van der Waals surface area contributed by atoms with E-state index in [-0.39, 0.29) is 17.6 Å². The quantitative estimate of drug-likeness (QED) is 0.448. The fraction of sp³-hybridized carbons (Fsp3) is 0.200. The number of amides is 2. The fourth-order valence-electron chi connectivity index (χ4n) is 2.67. The first-order chi connectivity index (χ1) is 14.7. The van der Waals surface area contributed by atoms with Crippen LogP contribution in [0, 0.1) is 0 Å². The molecule has 1 aromatic heterocycles. The van der Waals surface area contributed by atoms with Crippen LogP contribution in [0.3, 0.4) is 0 Å². The molecular formula is C20H18Cl3N5O2S. The van der Waals surface area contributed by atoms with Crippen LogP contribution in [0.25, 0.3) is 0 Å². The molecule has 3 rings (SSSR count). The molecule has 2 amide bonds. The van der Waals surface area contributed by atoms with Crippen molar-refractivity contribution in [3.8, 4) is 0 Å². The Morgan fingerprint density at radius 1 is 1.06 bits per heavy atom. The summed E-state index contributed by atoms with van der Waals surface area (Å²) in [6.07, 6.45) is 0. The Morgan fingerprint density at radius 3 is 2.45 bits per heavy atom. The largest absolute Gasteiger partial charge is 0.342 e. The summed E-state index contributed by atoms with van der Waals surface area (Å²) in [5.41, 5.74) is 1.05. The van der Waals surface area contributed by atoms with Gasteiger partial charge in [0.2, 0.25) is 5.91 Å². The van der Waals surface area contributed by atoms with Crippen LogP contribution in [0.15, 0.2) is 47.6 Å². The summed E-state index contributed by atoms with van der Waals surface area (Å²) in [5, 5.41) is 15.7. The molecule has 3 aromatic rings. The van der Waals surface area contributed by atoms with Gasteiger partial charge in [-0.25, -0.2) is 0 Å². The lowest BCUT2D eigenvalue weighted by molar-refractivity contribution is -0.113. The van der Waals surface area contributed by atoms with Crippen molar-refractivity contribution in [1.29, 1.82) is 0 Å². The van der Waals surface area contributed by atoms with Gasteiger partial charge in [-0.2, -0.15) is 0 Å². The molecular weight excluding hydrogens is 481 g/mol. The zero-order valence-corrected chi connectivity index (χ0v) is 19.6. The van der Waals surface area contributed by atoms with Gasteiger partial charge in [-0.1, -0.05) is 46.6 Å². The molecule has 0 saturated heterocycles. The first-order valence-corrected chi connectivity index (χ1v) is 11.2. The van der Waals surface area contributed by atoms with Crippen LogP contribution in [-0.2, 0) is 11.8 Å². The number of carbonyl (C=O) groups is 2. The van der Waals surface area contributed by atoms with Gasteiger partial charge in [0.15, 0.2) is 11.0 Å². The van der Waals surface area contributed by atoms with Crippen molar-refractivity contribution in [2.75, 3.05) is 11.1 Å². The van der Waals surface area contributed by atoms with Crippen LogP contribution < -0.4 is 10.6 Å². The number of rotatable bonds is 7. The first-order valence-electron chi connectivity index (χ1n) is 9.08. The van der Waals surface area contributed by atoms with E-state index in [0.29, 0.717) is 37.3 Å². The van der Waals surface area contributed by atoms with Crippen LogP contribution in [0.5, 0.6) is 0 Å². The molecule has 0 fully saturated rings. The van der Waals surface area contributed by atoms with E-state index in [1.165, 1.54) is 17.8 Å². The second-order valence-corrected chi connectivity index (χ2v) is 8.76. The highest BCUT2D eigenvalue weighted by Gasteiger charge is 2.19. The second-order valence-electron chi connectivity index (χ2n) is 6.57. The van der Waals surface area contributed by atoms with Crippen molar-refractivity contribution >= 4 is 64.1 Å². The van der Waals surface area contributed by atoms with Gasteiger partial charge in [0.05, 0.1) is 21.8 Å². The molecule has 162 valence electrons. The maximum absolute atomic E-state index is 12.5. The maximum atomic E-state index is 12.5. The smallest absolute Gasteiger partial charge is 0.251 e. The summed E-state index contributed by atoms with van der Waals surface area (Å²) < 4.78 is 1.74. The van der Waals surface area contributed by atoms with Crippen LogP contribution in [-0.4, -0.2) is 32.3 Å². The molecule has 2 N–H and O–H groups in total. The molecule has 2 aromatic carbocycles. The lowest BCUT2D eigenvalue weighted by Crippen LogP contribution is -2.28. The Balaban J connectivity index is 1.58. The third-order valence-electron chi connectivity index (χ3n) is 4.25. The van der Waals surface area contributed by atoms with E-state index < -0.39 is 6.04 Å². The molecule has 0 aliphatic carbocycles. The number of halogens is 3. The van der Waals surface area contributed by atoms with Crippen molar-refractivity contribution < 1.29 is 9.59 Å². The molecule has 31 heavy (non-hydrogen) atoms.